The van der Waals surface area contributed by atoms with E-state index in [0.29, 0.717) is 49.4 Å². The number of pyridine rings is 1. The van der Waals surface area contributed by atoms with Crippen molar-refractivity contribution in [2.75, 3.05) is 20.3 Å². The molecule has 0 aliphatic carbocycles. The fraction of sp³-hybridized carbons (Fsp3) is 0.414. The molecule has 42 heavy (non-hydrogen) atoms. The van der Waals surface area contributed by atoms with Crippen LogP contribution < -0.4 is 14.9 Å². The Bertz CT molecular complexity index is 1580. The monoisotopic (exact) mass is 584 g/mol. The van der Waals surface area contributed by atoms with E-state index >= 15 is 0 Å². The first-order valence-electron chi connectivity index (χ1n) is 13.5. The molecule has 4 heterocycles. The van der Waals surface area contributed by atoms with Gasteiger partial charge in [0.15, 0.2) is 5.69 Å². The lowest BCUT2D eigenvalue weighted by molar-refractivity contribution is -0.141. The van der Waals surface area contributed by atoms with Crippen molar-refractivity contribution in [2.24, 2.45) is 21.5 Å². The summed E-state index contributed by atoms with van der Waals surface area (Å²) < 4.78 is 52.5. The van der Waals surface area contributed by atoms with Crippen LogP contribution in [0.3, 0.4) is 0 Å². The van der Waals surface area contributed by atoms with E-state index in [9.17, 15) is 22.8 Å². The van der Waals surface area contributed by atoms with E-state index in [2.05, 4.69) is 20.7 Å². The number of hydrazone groups is 2. The first kappa shape index (κ1) is 29.1. The number of rotatable bonds is 9. The van der Waals surface area contributed by atoms with Gasteiger partial charge in [0, 0.05) is 30.5 Å². The minimum Gasteiger partial charge on any atom is -0.494 e. The molecule has 0 saturated carbocycles. The predicted molar refractivity (Wildman–Crippen MR) is 148 cm³/mol. The fourth-order valence-corrected chi connectivity index (χ4v) is 5.08. The predicted octanol–water partition coefficient (Wildman–Crippen LogP) is 4.65. The van der Waals surface area contributed by atoms with Gasteiger partial charge < -0.3 is 9.47 Å². The van der Waals surface area contributed by atoms with Gasteiger partial charge in [0.05, 0.1) is 36.1 Å². The van der Waals surface area contributed by atoms with E-state index in [0.717, 1.165) is 21.9 Å². The molecule has 2 aromatic heterocycles. The number of benzene rings is 1. The highest BCUT2D eigenvalue weighted by Gasteiger charge is 2.45. The Morgan fingerprint density at radius 1 is 1.10 bits per heavy atom. The van der Waals surface area contributed by atoms with Gasteiger partial charge in [0.25, 0.3) is 5.91 Å². The minimum absolute atomic E-state index is 0.0280. The second-order valence-electron chi connectivity index (χ2n) is 10.8. The van der Waals surface area contributed by atoms with Crippen molar-refractivity contribution < 1.29 is 32.2 Å². The standard InChI is InChI=1S/C29H31F3N6O4/c1-17-15-23(39)33-34-25(17)18-7-9-19(10-8-18)42-14-6-5-13-37-27(40)28(2,3)26(36-37)20-11-12-24(41-4)38-21(20)16-22(35-38)29(30,31)32/h7-12,16-17H,5-6,13-15H2,1-4H3,(H,33,39). The SMILES string of the molecule is COc1ccc(C2=NN(CCCCOc3ccc(C4=NNC(=O)CC4C)cc3)C(=O)C2(C)C)c2cc(C(F)(F)F)nn12. The third-order valence-corrected chi connectivity index (χ3v) is 7.37. The number of nitrogens with zero attached hydrogens (tertiary/aromatic N) is 5. The highest BCUT2D eigenvalue weighted by Crippen LogP contribution is 2.37. The summed E-state index contributed by atoms with van der Waals surface area (Å²) >= 11 is 0. The number of unbranched alkanes of at least 4 members (excludes halogenated alkanes) is 1. The van der Waals surface area contributed by atoms with Gasteiger partial charge in [-0.05, 0) is 68.7 Å². The van der Waals surface area contributed by atoms with E-state index < -0.39 is 17.3 Å². The lowest BCUT2D eigenvalue weighted by Crippen LogP contribution is -2.35. The lowest BCUT2D eigenvalue weighted by atomic mass is 9.83. The minimum atomic E-state index is -4.64. The lowest BCUT2D eigenvalue weighted by Gasteiger charge is -2.20. The van der Waals surface area contributed by atoms with Crippen molar-refractivity contribution >= 4 is 28.8 Å². The number of halogens is 3. The van der Waals surface area contributed by atoms with Crippen molar-refractivity contribution in [3.05, 3.63) is 59.3 Å². The van der Waals surface area contributed by atoms with Crippen LogP contribution in [0.15, 0.2) is 52.7 Å². The maximum absolute atomic E-state index is 13.4. The van der Waals surface area contributed by atoms with Crippen molar-refractivity contribution in [3.8, 4) is 11.6 Å². The van der Waals surface area contributed by atoms with Gasteiger partial charge in [-0.3, -0.25) is 9.59 Å². The van der Waals surface area contributed by atoms with Gasteiger partial charge in [0.2, 0.25) is 11.8 Å². The van der Waals surface area contributed by atoms with Crippen LogP contribution in [0.5, 0.6) is 11.6 Å². The third kappa shape index (κ3) is 5.55. The van der Waals surface area contributed by atoms with E-state index in [-0.39, 0.29) is 29.1 Å². The van der Waals surface area contributed by atoms with Crippen molar-refractivity contribution in [1.29, 1.82) is 0 Å². The summed E-state index contributed by atoms with van der Waals surface area (Å²) in [6.45, 7) is 6.12. The first-order valence-corrected chi connectivity index (χ1v) is 13.5. The summed E-state index contributed by atoms with van der Waals surface area (Å²) in [6, 6.07) is 11.5. The summed E-state index contributed by atoms with van der Waals surface area (Å²) in [7, 11) is 1.35. The van der Waals surface area contributed by atoms with Gasteiger partial charge in [-0.1, -0.05) is 6.92 Å². The normalized spacial score (nSPS) is 18.6. The number of methoxy groups -OCH3 is 1. The maximum Gasteiger partial charge on any atom is 0.435 e. The number of carbonyl (C=O) groups is 2. The quantitative estimate of drug-likeness (QED) is 0.368. The first-order chi connectivity index (χ1) is 19.9. The van der Waals surface area contributed by atoms with Crippen LogP contribution in [0.2, 0.25) is 0 Å². The molecule has 222 valence electrons. The van der Waals surface area contributed by atoms with Crippen molar-refractivity contribution in [1.82, 2.24) is 20.0 Å². The van der Waals surface area contributed by atoms with Crippen LogP contribution in [0.1, 0.15) is 56.9 Å². The number of nitrogens with one attached hydrogen (secondary N) is 1. The zero-order valence-corrected chi connectivity index (χ0v) is 23.7. The number of hydrogen-bond donors (Lipinski definition) is 1. The number of hydrogen-bond acceptors (Lipinski definition) is 7. The molecule has 1 atom stereocenters. The molecule has 1 N–H and O–H groups in total. The van der Waals surface area contributed by atoms with Crippen LogP contribution in [-0.4, -0.2) is 58.1 Å². The Labute approximate surface area is 240 Å². The molecule has 0 radical (unpaired) electrons. The fourth-order valence-electron chi connectivity index (χ4n) is 5.08. The highest BCUT2D eigenvalue weighted by atomic mass is 19.4. The van der Waals surface area contributed by atoms with E-state index in [4.69, 9.17) is 9.47 Å². The summed E-state index contributed by atoms with van der Waals surface area (Å²) in [6.07, 6.45) is -2.99. The third-order valence-electron chi connectivity index (χ3n) is 7.37. The Kier molecular flexibility index (Phi) is 7.69. The van der Waals surface area contributed by atoms with Crippen molar-refractivity contribution in [2.45, 2.75) is 46.2 Å². The Morgan fingerprint density at radius 3 is 2.50 bits per heavy atom. The molecule has 2 aliphatic heterocycles. The van der Waals surface area contributed by atoms with Crippen molar-refractivity contribution in [3.63, 3.8) is 0 Å². The Morgan fingerprint density at radius 2 is 1.83 bits per heavy atom. The number of alkyl halides is 3. The molecule has 0 saturated heterocycles. The smallest absolute Gasteiger partial charge is 0.435 e. The summed E-state index contributed by atoms with van der Waals surface area (Å²) in [4.78, 5) is 24.7. The van der Waals surface area contributed by atoms with Crippen LogP contribution in [0.25, 0.3) is 5.52 Å². The average molecular weight is 585 g/mol. The van der Waals surface area contributed by atoms with Crippen LogP contribution >= 0.6 is 0 Å². The molecule has 3 aromatic rings. The highest BCUT2D eigenvalue weighted by molar-refractivity contribution is 6.21. The van der Waals surface area contributed by atoms with Crippen LogP contribution in [-0.2, 0) is 15.8 Å². The Balaban J connectivity index is 1.22. The van der Waals surface area contributed by atoms with Crippen LogP contribution in [0, 0.1) is 11.3 Å². The second kappa shape index (κ2) is 11.1. The largest absolute Gasteiger partial charge is 0.494 e. The van der Waals surface area contributed by atoms with Gasteiger partial charge in [0.1, 0.15) is 5.75 Å². The second-order valence-corrected chi connectivity index (χ2v) is 10.8. The molecule has 0 fully saturated rings. The number of ether oxygens (including phenoxy) is 2. The van der Waals surface area contributed by atoms with Gasteiger partial charge >= 0.3 is 6.18 Å². The molecule has 5 rings (SSSR count). The van der Waals surface area contributed by atoms with E-state index in [1.54, 1.807) is 19.9 Å². The Hall–Kier alpha value is -4.42. The molecule has 1 unspecified atom stereocenters. The molecule has 2 amide bonds. The summed E-state index contributed by atoms with van der Waals surface area (Å²) in [5, 5.41) is 13.8. The molecule has 0 spiro atoms. The number of carbonyl (C=O) groups excluding carboxylic acids is 2. The molecule has 1 aromatic carbocycles. The maximum atomic E-state index is 13.4. The molecular formula is C29H31F3N6O4. The van der Waals surface area contributed by atoms with E-state index in [1.807, 2.05) is 31.2 Å². The average Bonchev–Trinajstić information content (AvgIpc) is 3.49. The molecule has 2 aliphatic rings. The topological polar surface area (TPSA) is 110 Å². The summed E-state index contributed by atoms with van der Waals surface area (Å²) in [5.74, 6) is 0.510. The molecular weight excluding hydrogens is 553 g/mol. The van der Waals surface area contributed by atoms with E-state index in [1.165, 1.54) is 18.2 Å². The van der Waals surface area contributed by atoms with Crippen LogP contribution in [0.4, 0.5) is 13.2 Å². The number of fused-ring (bicyclic) bond motifs is 1. The molecule has 10 nitrogen and oxygen atoms in total. The zero-order valence-electron chi connectivity index (χ0n) is 23.7. The van der Waals surface area contributed by atoms with Gasteiger partial charge in [-0.25, -0.2) is 10.4 Å². The number of aromatic nitrogens is 2. The summed E-state index contributed by atoms with van der Waals surface area (Å²) in [5.41, 5.74) is 3.03. The zero-order chi connectivity index (χ0) is 30.2. The molecule has 13 heteroatoms. The molecule has 0 bridgehead atoms. The van der Waals surface area contributed by atoms with Gasteiger partial charge in [-0.2, -0.15) is 33.0 Å². The number of amides is 2. The van der Waals surface area contributed by atoms with Gasteiger partial charge in [-0.15, -0.1) is 0 Å².